The summed E-state index contributed by atoms with van der Waals surface area (Å²) in [5.41, 5.74) is 3.07. The number of amides is 2. The average Bonchev–Trinajstić information content (AvgIpc) is 3.57. The van der Waals surface area contributed by atoms with Gasteiger partial charge in [0.05, 0.1) is 16.3 Å². The smallest absolute Gasteiger partial charge is 0.261 e. The SMILES string of the molecule is Cc1nn(-c2ccc(F)cc2)c2sc(C(=O)NCc3cccc(C(=O)N4CCCC4)c3)cc12. The lowest BCUT2D eigenvalue weighted by Crippen LogP contribution is -2.28. The molecule has 33 heavy (non-hydrogen) atoms. The van der Waals surface area contributed by atoms with Crippen LogP contribution in [0.4, 0.5) is 4.39 Å². The fourth-order valence-corrected chi connectivity index (χ4v) is 5.20. The van der Waals surface area contributed by atoms with E-state index < -0.39 is 0 Å². The number of nitrogens with one attached hydrogen (secondary N) is 1. The summed E-state index contributed by atoms with van der Waals surface area (Å²) in [6.07, 6.45) is 2.10. The van der Waals surface area contributed by atoms with Gasteiger partial charge in [-0.15, -0.1) is 11.3 Å². The third-order valence-electron chi connectivity index (χ3n) is 5.86. The molecule has 4 aromatic rings. The van der Waals surface area contributed by atoms with Crippen molar-refractivity contribution < 1.29 is 14.0 Å². The van der Waals surface area contributed by atoms with Crippen molar-refractivity contribution >= 4 is 33.4 Å². The molecule has 0 unspecified atom stereocenters. The second-order valence-electron chi connectivity index (χ2n) is 8.19. The van der Waals surface area contributed by atoms with Crippen molar-refractivity contribution in [1.82, 2.24) is 20.0 Å². The van der Waals surface area contributed by atoms with Gasteiger partial charge < -0.3 is 10.2 Å². The summed E-state index contributed by atoms with van der Waals surface area (Å²) in [6.45, 7) is 3.83. The molecule has 0 bridgehead atoms. The van der Waals surface area contributed by atoms with Crippen molar-refractivity contribution in [2.45, 2.75) is 26.3 Å². The average molecular weight is 463 g/mol. The van der Waals surface area contributed by atoms with Crippen LogP contribution in [0.1, 0.15) is 44.1 Å². The highest BCUT2D eigenvalue weighted by molar-refractivity contribution is 7.20. The van der Waals surface area contributed by atoms with E-state index in [0.29, 0.717) is 17.0 Å². The first-order valence-electron chi connectivity index (χ1n) is 10.9. The van der Waals surface area contributed by atoms with Crippen molar-refractivity contribution in [3.63, 3.8) is 0 Å². The molecule has 5 rings (SSSR count). The first-order chi connectivity index (χ1) is 16.0. The van der Waals surface area contributed by atoms with Crippen LogP contribution in [0, 0.1) is 12.7 Å². The zero-order valence-electron chi connectivity index (χ0n) is 18.2. The standard InChI is InChI=1S/C25H23FN4O2S/c1-16-21-14-22(33-25(21)30(28-16)20-9-7-19(26)8-10-20)23(31)27-15-17-5-4-6-18(13-17)24(32)29-11-2-3-12-29/h4-10,13-14H,2-3,11-12,15H2,1H3,(H,27,31). The largest absolute Gasteiger partial charge is 0.347 e. The zero-order valence-corrected chi connectivity index (χ0v) is 19.0. The number of hydrogen-bond donors (Lipinski definition) is 1. The highest BCUT2D eigenvalue weighted by atomic mass is 32.1. The monoisotopic (exact) mass is 462 g/mol. The molecule has 0 radical (unpaired) electrons. The summed E-state index contributed by atoms with van der Waals surface area (Å²) < 4.78 is 15.0. The number of aromatic nitrogens is 2. The Morgan fingerprint density at radius 1 is 1.09 bits per heavy atom. The lowest BCUT2D eigenvalue weighted by Gasteiger charge is -2.15. The number of benzene rings is 2. The van der Waals surface area contributed by atoms with Gasteiger partial charge in [-0.3, -0.25) is 9.59 Å². The summed E-state index contributed by atoms with van der Waals surface area (Å²) >= 11 is 1.35. The van der Waals surface area contributed by atoms with Crippen LogP contribution in [0.5, 0.6) is 0 Å². The Morgan fingerprint density at radius 2 is 1.85 bits per heavy atom. The molecule has 0 atom stereocenters. The fourth-order valence-electron chi connectivity index (χ4n) is 4.10. The van der Waals surface area contributed by atoms with Crippen molar-refractivity contribution in [1.29, 1.82) is 0 Å². The number of carbonyl (C=O) groups is 2. The molecule has 2 aromatic heterocycles. The van der Waals surface area contributed by atoms with Crippen molar-refractivity contribution in [2.75, 3.05) is 13.1 Å². The van der Waals surface area contributed by atoms with Gasteiger partial charge in [0.25, 0.3) is 11.8 Å². The molecule has 0 spiro atoms. The van der Waals surface area contributed by atoms with Crippen molar-refractivity contribution in [2.24, 2.45) is 0 Å². The van der Waals surface area contributed by atoms with Crippen LogP contribution in [-0.4, -0.2) is 39.6 Å². The number of rotatable bonds is 5. The van der Waals surface area contributed by atoms with Crippen LogP contribution >= 0.6 is 11.3 Å². The summed E-state index contributed by atoms with van der Waals surface area (Å²) in [5.74, 6) is -0.445. The maximum Gasteiger partial charge on any atom is 0.261 e. The molecule has 1 saturated heterocycles. The van der Waals surface area contributed by atoms with Crippen molar-refractivity contribution in [3.05, 3.63) is 82.1 Å². The number of nitrogens with zero attached hydrogens (tertiary/aromatic N) is 3. The summed E-state index contributed by atoms with van der Waals surface area (Å²) in [6, 6.07) is 15.4. The normalized spacial score (nSPS) is 13.6. The minimum atomic E-state index is -0.309. The van der Waals surface area contributed by atoms with Gasteiger partial charge in [-0.2, -0.15) is 5.10 Å². The number of carbonyl (C=O) groups excluding carboxylic acids is 2. The summed E-state index contributed by atoms with van der Waals surface area (Å²) in [7, 11) is 0. The predicted octanol–water partition coefficient (Wildman–Crippen LogP) is 4.70. The second-order valence-corrected chi connectivity index (χ2v) is 9.22. The molecule has 1 fully saturated rings. The van der Waals surface area contributed by atoms with Gasteiger partial charge >= 0.3 is 0 Å². The highest BCUT2D eigenvalue weighted by Gasteiger charge is 2.20. The Morgan fingerprint density at radius 3 is 2.61 bits per heavy atom. The summed E-state index contributed by atoms with van der Waals surface area (Å²) in [5, 5.41) is 8.39. The van der Waals surface area contributed by atoms with Crippen LogP contribution < -0.4 is 5.32 Å². The van der Waals surface area contributed by atoms with Gasteiger partial charge in [0, 0.05) is 30.6 Å². The fraction of sp³-hybridized carbons (Fsp3) is 0.240. The lowest BCUT2D eigenvalue weighted by atomic mass is 10.1. The Bertz CT molecular complexity index is 1340. The molecule has 1 aliphatic rings. The predicted molar refractivity (Wildman–Crippen MR) is 126 cm³/mol. The number of likely N-dealkylation sites (tertiary alicyclic amines) is 1. The zero-order chi connectivity index (χ0) is 22.9. The summed E-state index contributed by atoms with van der Waals surface area (Å²) in [4.78, 5) is 28.8. The molecule has 0 saturated carbocycles. The molecule has 8 heteroatoms. The molecule has 3 heterocycles. The van der Waals surface area contributed by atoms with Gasteiger partial charge in [0.1, 0.15) is 10.6 Å². The minimum Gasteiger partial charge on any atom is -0.347 e. The highest BCUT2D eigenvalue weighted by Crippen LogP contribution is 2.30. The van der Waals surface area contributed by atoms with Crippen LogP contribution in [0.15, 0.2) is 54.6 Å². The van der Waals surface area contributed by atoms with Gasteiger partial charge in [0.2, 0.25) is 0 Å². The Hall–Kier alpha value is -3.52. The second kappa shape index (κ2) is 8.78. The van der Waals surface area contributed by atoms with E-state index in [0.717, 1.165) is 53.1 Å². The van der Waals surface area contributed by atoms with Crippen LogP contribution in [0.2, 0.25) is 0 Å². The molecule has 2 amide bonds. The number of thiophene rings is 1. The first-order valence-corrected chi connectivity index (χ1v) is 11.7. The molecule has 6 nitrogen and oxygen atoms in total. The number of aryl methyl sites for hydroxylation is 1. The number of halogens is 1. The van der Waals surface area contributed by atoms with Gasteiger partial charge in [-0.05, 0) is 67.8 Å². The number of fused-ring (bicyclic) bond motifs is 1. The molecule has 1 aliphatic heterocycles. The first kappa shape index (κ1) is 21.3. The van der Waals surface area contributed by atoms with Crippen molar-refractivity contribution in [3.8, 4) is 5.69 Å². The van der Waals surface area contributed by atoms with E-state index in [2.05, 4.69) is 10.4 Å². The maximum absolute atomic E-state index is 13.3. The molecule has 0 aliphatic carbocycles. The van der Waals surface area contributed by atoms with Gasteiger partial charge in [-0.1, -0.05) is 12.1 Å². The Balaban J connectivity index is 1.32. The molecular weight excluding hydrogens is 439 g/mol. The van der Waals surface area contributed by atoms with E-state index in [-0.39, 0.29) is 17.6 Å². The number of hydrogen-bond acceptors (Lipinski definition) is 4. The van der Waals surface area contributed by atoms with Gasteiger partial charge in [-0.25, -0.2) is 9.07 Å². The Kier molecular flexibility index (Phi) is 5.68. The third kappa shape index (κ3) is 4.26. The maximum atomic E-state index is 13.3. The van der Waals surface area contributed by atoms with E-state index in [9.17, 15) is 14.0 Å². The quantitative estimate of drug-likeness (QED) is 0.468. The van der Waals surface area contributed by atoms with E-state index >= 15 is 0 Å². The van der Waals surface area contributed by atoms with Gasteiger partial charge in [0.15, 0.2) is 0 Å². The van der Waals surface area contributed by atoms with E-state index in [4.69, 9.17) is 0 Å². The van der Waals surface area contributed by atoms with E-state index in [1.54, 1.807) is 16.8 Å². The topological polar surface area (TPSA) is 67.2 Å². The van der Waals surface area contributed by atoms with Crippen LogP contribution in [-0.2, 0) is 6.54 Å². The van der Waals surface area contributed by atoms with E-state index in [1.165, 1.54) is 23.5 Å². The van der Waals surface area contributed by atoms with Crippen LogP contribution in [0.25, 0.3) is 15.9 Å². The molecule has 1 N–H and O–H groups in total. The molecule has 168 valence electrons. The molecular formula is C25H23FN4O2S. The third-order valence-corrected chi connectivity index (χ3v) is 6.97. The lowest BCUT2D eigenvalue weighted by molar-refractivity contribution is 0.0792. The Labute approximate surface area is 194 Å². The molecule has 2 aromatic carbocycles. The minimum absolute atomic E-state index is 0.0472. The van der Waals surface area contributed by atoms with E-state index in [1.807, 2.05) is 42.2 Å². The van der Waals surface area contributed by atoms with Crippen LogP contribution in [0.3, 0.4) is 0 Å².